The molecule has 4 aliphatic carbocycles. The van der Waals surface area contributed by atoms with Crippen LogP contribution in [0.3, 0.4) is 0 Å². The first-order valence-electron chi connectivity index (χ1n) is 12.3. The summed E-state index contributed by atoms with van der Waals surface area (Å²) in [4.78, 5) is 37.1. The molecule has 4 saturated carbocycles. The minimum absolute atomic E-state index is 0.0630. The summed E-state index contributed by atoms with van der Waals surface area (Å²) in [6.07, 6.45) is 8.57. The molecule has 1 N–H and O–H groups in total. The van der Waals surface area contributed by atoms with Crippen LogP contribution in [-0.2, 0) is 11.2 Å². The van der Waals surface area contributed by atoms with E-state index < -0.39 is 5.69 Å². The fourth-order valence-electron chi connectivity index (χ4n) is 7.11. The lowest BCUT2D eigenvalue weighted by atomic mass is 9.48. The van der Waals surface area contributed by atoms with E-state index in [0.29, 0.717) is 40.9 Å². The number of benzene rings is 2. The van der Waals surface area contributed by atoms with Gasteiger partial charge in [0.15, 0.2) is 5.82 Å². The molecule has 4 fully saturated rings. The third kappa shape index (κ3) is 4.00. The average Bonchev–Trinajstić information content (AvgIpc) is 2.82. The minimum atomic E-state index is -0.470. The van der Waals surface area contributed by atoms with E-state index in [1.807, 2.05) is 48.5 Å². The van der Waals surface area contributed by atoms with Crippen molar-refractivity contribution in [2.24, 2.45) is 23.2 Å². The number of hydrogen-bond donors (Lipinski definition) is 1. The molecule has 3 aromatic rings. The van der Waals surface area contributed by atoms with E-state index in [4.69, 9.17) is 11.6 Å². The summed E-state index contributed by atoms with van der Waals surface area (Å²) < 4.78 is 0. The Kier molecular flexibility index (Phi) is 5.40. The van der Waals surface area contributed by atoms with Gasteiger partial charge < -0.3 is 0 Å². The van der Waals surface area contributed by atoms with Crippen molar-refractivity contribution in [1.29, 1.82) is 0 Å². The maximum atomic E-state index is 13.4. The van der Waals surface area contributed by atoms with Crippen LogP contribution < -0.4 is 5.69 Å². The van der Waals surface area contributed by atoms with Gasteiger partial charge in [0.05, 0.1) is 5.02 Å². The molecule has 0 radical (unpaired) electrons. The second-order valence-electron chi connectivity index (χ2n) is 10.6. The number of nitrogens with one attached hydrogen (secondary N) is 1. The second kappa shape index (κ2) is 8.46. The fourth-order valence-corrected chi connectivity index (χ4v) is 7.32. The van der Waals surface area contributed by atoms with Crippen molar-refractivity contribution in [3.8, 4) is 22.8 Å². The van der Waals surface area contributed by atoms with Crippen molar-refractivity contribution < 1.29 is 4.79 Å². The Labute approximate surface area is 204 Å². The van der Waals surface area contributed by atoms with E-state index >= 15 is 0 Å². The number of aryl methyl sites for hydroxylation is 1. The Morgan fingerprint density at radius 2 is 1.65 bits per heavy atom. The number of H-pyrrole nitrogens is 1. The summed E-state index contributed by atoms with van der Waals surface area (Å²) in [6, 6.07) is 15.1. The monoisotopic (exact) mass is 473 g/mol. The van der Waals surface area contributed by atoms with Gasteiger partial charge in [0.25, 0.3) is 0 Å². The standard InChI is InChI=1S/C28H28ClN3O2/c29-23-8-6-17(7-9-24(33)28-14-18-10-19(15-28)12-20(11-18)16-28)13-22(23)26-30-25(31-27(34)32-26)21-4-2-1-3-5-21/h1-6,8,13,18-20H,7,9-12,14-16H2,(H,30,31,32,34). The third-order valence-electron chi connectivity index (χ3n) is 8.24. The first-order chi connectivity index (χ1) is 16.5. The number of nitrogens with zero attached hydrogens (tertiary/aromatic N) is 2. The van der Waals surface area contributed by atoms with Crippen LogP contribution in [0.2, 0.25) is 5.02 Å². The average molecular weight is 474 g/mol. The van der Waals surface area contributed by atoms with Crippen LogP contribution in [0.25, 0.3) is 22.8 Å². The Morgan fingerprint density at radius 1 is 0.971 bits per heavy atom. The number of hydrogen-bond acceptors (Lipinski definition) is 4. The van der Waals surface area contributed by atoms with E-state index in [2.05, 4.69) is 15.0 Å². The summed E-state index contributed by atoms with van der Waals surface area (Å²) in [5.41, 5.74) is 1.91. The first-order valence-corrected chi connectivity index (χ1v) is 12.7. The zero-order valence-electron chi connectivity index (χ0n) is 19.1. The largest absolute Gasteiger partial charge is 0.348 e. The maximum absolute atomic E-state index is 13.4. The molecular weight excluding hydrogens is 446 g/mol. The van der Waals surface area contributed by atoms with E-state index in [0.717, 1.165) is 48.1 Å². The molecule has 5 nitrogen and oxygen atoms in total. The molecule has 1 heterocycles. The van der Waals surface area contributed by atoms with Gasteiger partial charge in [0.2, 0.25) is 0 Å². The van der Waals surface area contributed by atoms with E-state index in [9.17, 15) is 9.59 Å². The normalized spacial score (nSPS) is 27.1. The Balaban J connectivity index is 1.23. The highest BCUT2D eigenvalue weighted by molar-refractivity contribution is 6.33. The molecule has 0 amide bonds. The lowest BCUT2D eigenvalue weighted by molar-refractivity contribution is -0.143. The summed E-state index contributed by atoms with van der Waals surface area (Å²) in [5.74, 6) is 3.50. The van der Waals surface area contributed by atoms with Crippen molar-refractivity contribution in [2.75, 3.05) is 0 Å². The van der Waals surface area contributed by atoms with Crippen LogP contribution in [-0.4, -0.2) is 20.7 Å². The number of aromatic nitrogens is 3. The molecule has 0 saturated heterocycles. The van der Waals surface area contributed by atoms with Crippen LogP contribution in [0.15, 0.2) is 53.3 Å². The second-order valence-corrected chi connectivity index (χ2v) is 11.0. The highest BCUT2D eigenvalue weighted by Gasteiger charge is 2.53. The van der Waals surface area contributed by atoms with E-state index in [-0.39, 0.29) is 5.41 Å². The maximum Gasteiger partial charge on any atom is 0.348 e. The van der Waals surface area contributed by atoms with Gasteiger partial charge in [-0.3, -0.25) is 9.78 Å². The summed E-state index contributed by atoms with van der Waals surface area (Å²) >= 11 is 6.51. The zero-order valence-corrected chi connectivity index (χ0v) is 19.9. The van der Waals surface area contributed by atoms with E-state index in [1.54, 1.807) is 0 Å². The van der Waals surface area contributed by atoms with Crippen LogP contribution in [0.1, 0.15) is 50.5 Å². The van der Waals surface area contributed by atoms with Gasteiger partial charge in [-0.1, -0.05) is 48.0 Å². The van der Waals surface area contributed by atoms with Crippen LogP contribution in [0, 0.1) is 23.2 Å². The van der Waals surface area contributed by atoms with Gasteiger partial charge in [-0.15, -0.1) is 0 Å². The van der Waals surface area contributed by atoms with Gasteiger partial charge in [-0.05, 0) is 80.4 Å². The molecule has 2 aromatic carbocycles. The quantitative estimate of drug-likeness (QED) is 0.485. The van der Waals surface area contributed by atoms with Gasteiger partial charge in [0, 0.05) is 23.0 Å². The van der Waals surface area contributed by atoms with Crippen molar-refractivity contribution >= 4 is 17.4 Å². The highest BCUT2D eigenvalue weighted by Crippen LogP contribution is 2.60. The number of halogens is 1. The van der Waals surface area contributed by atoms with Gasteiger partial charge in [-0.25, -0.2) is 9.78 Å². The van der Waals surface area contributed by atoms with Crippen molar-refractivity contribution in [1.82, 2.24) is 15.0 Å². The summed E-state index contributed by atoms with van der Waals surface area (Å²) in [7, 11) is 0. The molecule has 4 aliphatic rings. The molecule has 174 valence electrons. The SMILES string of the molecule is O=C(CCc1ccc(Cl)c(-c2nc(-c3ccccc3)nc(=O)[nH]2)c1)C12CC3CC(CC(C3)C1)C2. The molecule has 0 atom stereocenters. The summed E-state index contributed by atoms with van der Waals surface area (Å²) in [6.45, 7) is 0. The Hall–Kier alpha value is -2.79. The lowest BCUT2D eigenvalue weighted by Gasteiger charge is -2.56. The van der Waals surface area contributed by atoms with Crippen LogP contribution in [0.4, 0.5) is 0 Å². The number of ketones is 1. The van der Waals surface area contributed by atoms with Crippen molar-refractivity contribution in [3.05, 3.63) is 69.6 Å². The van der Waals surface area contributed by atoms with Gasteiger partial charge >= 0.3 is 5.69 Å². The van der Waals surface area contributed by atoms with Crippen molar-refractivity contribution in [3.63, 3.8) is 0 Å². The fraction of sp³-hybridized carbons (Fsp3) is 0.429. The summed E-state index contributed by atoms with van der Waals surface area (Å²) in [5, 5.41) is 0.504. The smallest absolute Gasteiger partial charge is 0.299 e. The first kappa shape index (κ1) is 21.7. The molecule has 0 spiro atoms. The zero-order chi connectivity index (χ0) is 23.3. The third-order valence-corrected chi connectivity index (χ3v) is 8.57. The molecule has 6 heteroatoms. The number of rotatable bonds is 6. The molecule has 0 aliphatic heterocycles. The van der Waals surface area contributed by atoms with E-state index in [1.165, 1.54) is 19.3 Å². The number of aromatic amines is 1. The minimum Gasteiger partial charge on any atom is -0.299 e. The number of carbonyl (C=O) groups is 1. The Bertz CT molecular complexity index is 1270. The lowest BCUT2D eigenvalue weighted by Crippen LogP contribution is -2.50. The molecule has 0 unspecified atom stereocenters. The predicted molar refractivity (Wildman–Crippen MR) is 132 cm³/mol. The molecule has 4 bridgehead atoms. The molecular formula is C28H28ClN3O2. The number of Topliss-reactive ketones (excluding diaryl/α,β-unsaturated/α-hetero) is 1. The number of carbonyl (C=O) groups excluding carboxylic acids is 1. The van der Waals surface area contributed by atoms with Crippen LogP contribution in [0.5, 0.6) is 0 Å². The van der Waals surface area contributed by atoms with Crippen molar-refractivity contribution in [2.45, 2.75) is 51.4 Å². The Morgan fingerprint density at radius 3 is 2.32 bits per heavy atom. The molecule has 7 rings (SSSR count). The van der Waals surface area contributed by atoms with Gasteiger partial charge in [-0.2, -0.15) is 4.98 Å². The van der Waals surface area contributed by atoms with Gasteiger partial charge in [0.1, 0.15) is 11.6 Å². The highest BCUT2D eigenvalue weighted by atomic mass is 35.5. The topological polar surface area (TPSA) is 75.7 Å². The van der Waals surface area contributed by atoms with Crippen LogP contribution >= 0.6 is 11.6 Å². The molecule has 1 aromatic heterocycles. The molecule has 34 heavy (non-hydrogen) atoms. The predicted octanol–water partition coefficient (Wildman–Crippen LogP) is 5.87.